The molecule has 0 atom stereocenters. The highest BCUT2D eigenvalue weighted by Gasteiger charge is 2.29. The number of aliphatic hydroxyl groups is 1. The molecule has 1 aliphatic carbocycles. The molecule has 1 heterocycles. The zero-order chi connectivity index (χ0) is 15.9. The van der Waals surface area contributed by atoms with Crippen LogP contribution in [0.15, 0.2) is 22.6 Å². The number of hydrogen-bond acceptors (Lipinski definition) is 4. The summed E-state index contributed by atoms with van der Waals surface area (Å²) in [6.45, 7) is 3.57. The van der Waals surface area contributed by atoms with E-state index in [1.54, 1.807) is 33.0 Å². The van der Waals surface area contributed by atoms with Crippen LogP contribution in [0.1, 0.15) is 38.5 Å². The maximum atomic E-state index is 12.1. The Morgan fingerprint density at radius 1 is 1.50 bits per heavy atom. The molecular weight excluding hydrogens is 282 g/mol. The van der Waals surface area contributed by atoms with Gasteiger partial charge in [-0.3, -0.25) is 0 Å². The molecule has 0 radical (unpaired) electrons. The molecule has 0 unspecified atom stereocenters. The topological polar surface area (TPSA) is 78.6 Å². The fraction of sp³-hybridized carbons (Fsp3) is 0.500. The quantitative estimate of drug-likeness (QED) is 0.910. The molecule has 1 saturated carbocycles. The van der Waals surface area contributed by atoms with Crippen LogP contribution in [-0.4, -0.2) is 40.2 Å². The molecule has 1 aromatic heterocycles. The third-order valence-electron chi connectivity index (χ3n) is 3.55. The molecule has 1 aliphatic rings. The molecule has 6 heteroatoms. The molecule has 0 bridgehead atoms. The number of carbonyl (C=O) groups is 1. The number of nitrogens with one attached hydrogen (secondary N) is 1. The van der Waals surface area contributed by atoms with E-state index in [1.807, 2.05) is 6.07 Å². The number of benzene rings is 1. The van der Waals surface area contributed by atoms with Gasteiger partial charge in [0.25, 0.3) is 0 Å². The second kappa shape index (κ2) is 5.28. The Morgan fingerprint density at radius 2 is 2.23 bits per heavy atom. The highest BCUT2D eigenvalue weighted by atomic mass is 16.3. The number of amides is 2. The van der Waals surface area contributed by atoms with Crippen LogP contribution < -0.4 is 5.32 Å². The molecule has 2 amide bonds. The van der Waals surface area contributed by atoms with E-state index in [-0.39, 0.29) is 12.6 Å². The third-order valence-corrected chi connectivity index (χ3v) is 3.55. The Kier molecular flexibility index (Phi) is 3.56. The van der Waals surface area contributed by atoms with Gasteiger partial charge in [-0.2, -0.15) is 0 Å². The van der Waals surface area contributed by atoms with Gasteiger partial charge >= 0.3 is 6.03 Å². The number of likely N-dealkylation sites (N-methyl/N-ethyl adjacent to an activating group) is 1. The summed E-state index contributed by atoms with van der Waals surface area (Å²) >= 11 is 0. The zero-order valence-corrected chi connectivity index (χ0v) is 13.1. The van der Waals surface area contributed by atoms with Gasteiger partial charge in [-0.05, 0) is 38.8 Å². The normalized spacial score (nSPS) is 15.1. The van der Waals surface area contributed by atoms with E-state index in [2.05, 4.69) is 10.3 Å². The van der Waals surface area contributed by atoms with Gasteiger partial charge in [0.05, 0.1) is 12.1 Å². The second-order valence-electron chi connectivity index (χ2n) is 6.61. The molecular formula is C16H21N3O3. The standard InChI is InChI=1S/C16H21N3O3/c1-16(2,21)9-19(3)15(20)17-11-6-7-12-13(8-11)22-14(18-12)10-4-5-10/h6-8,10,21H,4-5,9H2,1-3H3,(H,17,20). The van der Waals surface area contributed by atoms with Gasteiger partial charge in [-0.1, -0.05) is 0 Å². The molecule has 0 aliphatic heterocycles. The van der Waals surface area contributed by atoms with Gasteiger partial charge < -0.3 is 19.7 Å². The first kappa shape index (κ1) is 14.8. The van der Waals surface area contributed by atoms with E-state index in [1.165, 1.54) is 4.90 Å². The van der Waals surface area contributed by atoms with Crippen molar-refractivity contribution < 1.29 is 14.3 Å². The molecule has 0 saturated heterocycles. The molecule has 1 fully saturated rings. The number of rotatable bonds is 4. The average Bonchev–Trinajstić information content (AvgIpc) is 3.17. The zero-order valence-electron chi connectivity index (χ0n) is 13.1. The molecule has 3 rings (SSSR count). The van der Waals surface area contributed by atoms with Gasteiger partial charge in [-0.25, -0.2) is 9.78 Å². The van der Waals surface area contributed by atoms with Gasteiger partial charge in [0.2, 0.25) is 0 Å². The summed E-state index contributed by atoms with van der Waals surface area (Å²) in [5.41, 5.74) is 1.22. The first-order valence-corrected chi connectivity index (χ1v) is 7.47. The second-order valence-corrected chi connectivity index (χ2v) is 6.61. The van der Waals surface area contributed by atoms with E-state index < -0.39 is 5.60 Å². The van der Waals surface area contributed by atoms with Crippen LogP contribution in [0, 0.1) is 0 Å². The smallest absolute Gasteiger partial charge is 0.321 e. The molecule has 0 spiro atoms. The maximum Gasteiger partial charge on any atom is 0.321 e. The van der Waals surface area contributed by atoms with Crippen LogP contribution in [0.2, 0.25) is 0 Å². The number of nitrogens with zero attached hydrogens (tertiary/aromatic N) is 2. The number of urea groups is 1. The summed E-state index contributed by atoms with van der Waals surface area (Å²) in [6, 6.07) is 5.15. The van der Waals surface area contributed by atoms with Gasteiger partial charge in [-0.15, -0.1) is 0 Å². The van der Waals surface area contributed by atoms with E-state index in [9.17, 15) is 9.90 Å². The molecule has 22 heavy (non-hydrogen) atoms. The predicted octanol–water partition coefficient (Wildman–Crippen LogP) is 2.94. The fourth-order valence-corrected chi connectivity index (χ4v) is 2.40. The van der Waals surface area contributed by atoms with E-state index in [0.717, 1.165) is 24.2 Å². The lowest BCUT2D eigenvalue weighted by molar-refractivity contribution is 0.0550. The molecule has 118 valence electrons. The van der Waals surface area contributed by atoms with Gasteiger partial charge in [0.1, 0.15) is 5.52 Å². The lowest BCUT2D eigenvalue weighted by Gasteiger charge is -2.25. The first-order valence-electron chi connectivity index (χ1n) is 7.47. The van der Waals surface area contributed by atoms with Crippen LogP contribution >= 0.6 is 0 Å². The number of anilines is 1. The van der Waals surface area contributed by atoms with Crippen LogP contribution in [0.25, 0.3) is 11.1 Å². The van der Waals surface area contributed by atoms with E-state index in [4.69, 9.17) is 4.42 Å². The van der Waals surface area contributed by atoms with Crippen LogP contribution in [0.3, 0.4) is 0 Å². The fourth-order valence-electron chi connectivity index (χ4n) is 2.40. The molecule has 6 nitrogen and oxygen atoms in total. The number of carbonyl (C=O) groups excluding carboxylic acids is 1. The van der Waals surface area contributed by atoms with Crippen LogP contribution in [-0.2, 0) is 0 Å². The number of aromatic nitrogens is 1. The molecule has 2 N–H and O–H groups in total. The summed E-state index contributed by atoms with van der Waals surface area (Å²) in [7, 11) is 1.64. The molecule has 2 aromatic rings. The average molecular weight is 303 g/mol. The number of hydrogen-bond donors (Lipinski definition) is 2. The highest BCUT2D eigenvalue weighted by molar-refractivity contribution is 5.91. The Morgan fingerprint density at radius 3 is 2.86 bits per heavy atom. The van der Waals surface area contributed by atoms with Crippen molar-refractivity contribution in [2.45, 2.75) is 38.2 Å². The van der Waals surface area contributed by atoms with Crippen molar-refractivity contribution in [1.29, 1.82) is 0 Å². The minimum atomic E-state index is -0.930. The lowest BCUT2D eigenvalue weighted by Crippen LogP contribution is -2.41. The van der Waals surface area contributed by atoms with Crippen molar-refractivity contribution >= 4 is 22.8 Å². The number of fused-ring (bicyclic) bond motifs is 1. The Labute approximate surface area is 129 Å². The summed E-state index contributed by atoms with van der Waals surface area (Å²) in [5.74, 6) is 1.25. The van der Waals surface area contributed by atoms with Crippen LogP contribution in [0.4, 0.5) is 10.5 Å². The Hall–Kier alpha value is -2.08. The lowest BCUT2D eigenvalue weighted by atomic mass is 10.1. The highest BCUT2D eigenvalue weighted by Crippen LogP contribution is 2.40. The maximum absolute atomic E-state index is 12.1. The van der Waals surface area contributed by atoms with Crippen LogP contribution in [0.5, 0.6) is 0 Å². The third kappa shape index (κ3) is 3.39. The van der Waals surface area contributed by atoms with Crippen molar-refractivity contribution in [3.63, 3.8) is 0 Å². The first-order chi connectivity index (χ1) is 10.3. The Balaban J connectivity index is 1.71. The van der Waals surface area contributed by atoms with Crippen molar-refractivity contribution in [2.75, 3.05) is 18.9 Å². The monoisotopic (exact) mass is 303 g/mol. The number of oxazole rings is 1. The summed E-state index contributed by atoms with van der Waals surface area (Å²) in [5, 5.41) is 12.6. The van der Waals surface area contributed by atoms with Gasteiger partial charge in [0.15, 0.2) is 11.5 Å². The largest absolute Gasteiger partial charge is 0.440 e. The predicted molar refractivity (Wildman–Crippen MR) is 83.9 cm³/mol. The summed E-state index contributed by atoms with van der Waals surface area (Å²) in [4.78, 5) is 18.0. The van der Waals surface area contributed by atoms with E-state index in [0.29, 0.717) is 17.2 Å². The minimum absolute atomic E-state index is 0.245. The van der Waals surface area contributed by atoms with Gasteiger partial charge in [0, 0.05) is 24.7 Å². The minimum Gasteiger partial charge on any atom is -0.440 e. The van der Waals surface area contributed by atoms with Crippen molar-refractivity contribution in [2.24, 2.45) is 0 Å². The Bertz CT molecular complexity index is 698. The van der Waals surface area contributed by atoms with E-state index >= 15 is 0 Å². The van der Waals surface area contributed by atoms with Crippen molar-refractivity contribution in [1.82, 2.24) is 9.88 Å². The summed E-state index contributed by atoms with van der Waals surface area (Å²) in [6.07, 6.45) is 2.27. The summed E-state index contributed by atoms with van der Waals surface area (Å²) < 4.78 is 5.74. The molecule has 1 aromatic carbocycles. The SMILES string of the molecule is CN(CC(C)(C)O)C(=O)Nc1ccc2nc(C3CC3)oc2c1. The van der Waals surface area contributed by atoms with Crippen molar-refractivity contribution in [3.8, 4) is 0 Å². The van der Waals surface area contributed by atoms with Crippen molar-refractivity contribution in [3.05, 3.63) is 24.1 Å².